The molecule has 178 valence electrons. The highest BCUT2D eigenvalue weighted by molar-refractivity contribution is 6.33. The summed E-state index contributed by atoms with van der Waals surface area (Å²) >= 11 is 6.68. The Bertz CT molecular complexity index is 1540. The van der Waals surface area contributed by atoms with Crippen LogP contribution in [0.1, 0.15) is 10.4 Å². The molecule has 0 atom stereocenters. The molecule has 0 bridgehead atoms. The standard InChI is InChI=1S/C30H24ClN3O2/c1-33(2)22-17-18-24(30(35)36)26(19-22)34-28(21-13-7-4-8-14-21)27(20-11-5-3-6-12-20)32-29(34)23-15-9-10-16-25(23)31/h3-19H,1-2H3,(H,35,36). The summed E-state index contributed by atoms with van der Waals surface area (Å²) in [5.41, 5.74) is 5.62. The Morgan fingerprint density at radius 2 is 1.44 bits per heavy atom. The predicted octanol–water partition coefficient (Wildman–Crippen LogP) is 7.29. The lowest BCUT2D eigenvalue weighted by Crippen LogP contribution is -2.13. The third-order valence-corrected chi connectivity index (χ3v) is 6.39. The number of halogens is 1. The minimum absolute atomic E-state index is 0.170. The number of anilines is 1. The van der Waals surface area contributed by atoms with E-state index in [1.807, 2.05) is 115 Å². The summed E-state index contributed by atoms with van der Waals surface area (Å²) in [5, 5.41) is 10.7. The first-order valence-corrected chi connectivity index (χ1v) is 11.9. The van der Waals surface area contributed by atoms with Crippen molar-refractivity contribution in [1.29, 1.82) is 0 Å². The molecule has 0 aliphatic rings. The molecule has 1 heterocycles. The van der Waals surface area contributed by atoms with Crippen LogP contribution in [0, 0.1) is 0 Å². The number of aromatic nitrogens is 2. The second kappa shape index (κ2) is 9.72. The van der Waals surface area contributed by atoms with Gasteiger partial charge in [0.2, 0.25) is 0 Å². The van der Waals surface area contributed by atoms with Crippen molar-refractivity contribution < 1.29 is 9.90 Å². The maximum atomic E-state index is 12.4. The van der Waals surface area contributed by atoms with Crippen LogP contribution in [0.5, 0.6) is 0 Å². The molecule has 0 saturated carbocycles. The van der Waals surface area contributed by atoms with E-state index in [4.69, 9.17) is 16.6 Å². The van der Waals surface area contributed by atoms with Crippen molar-refractivity contribution in [3.8, 4) is 39.6 Å². The molecule has 0 spiro atoms. The molecular weight excluding hydrogens is 470 g/mol. The lowest BCUT2D eigenvalue weighted by molar-refractivity contribution is 0.0697. The fourth-order valence-corrected chi connectivity index (χ4v) is 4.52. The van der Waals surface area contributed by atoms with Gasteiger partial charge >= 0.3 is 5.97 Å². The maximum absolute atomic E-state index is 12.4. The van der Waals surface area contributed by atoms with E-state index in [2.05, 4.69) is 0 Å². The van der Waals surface area contributed by atoms with E-state index < -0.39 is 5.97 Å². The fourth-order valence-electron chi connectivity index (χ4n) is 4.30. The highest BCUT2D eigenvalue weighted by atomic mass is 35.5. The number of hydrogen-bond acceptors (Lipinski definition) is 3. The summed E-state index contributed by atoms with van der Waals surface area (Å²) in [7, 11) is 3.85. The van der Waals surface area contributed by atoms with Crippen molar-refractivity contribution >= 4 is 23.3 Å². The number of nitrogens with zero attached hydrogens (tertiary/aromatic N) is 3. The second-order valence-corrected chi connectivity index (χ2v) is 8.99. The Kier molecular flexibility index (Phi) is 6.32. The molecular formula is C30H24ClN3O2. The summed E-state index contributed by atoms with van der Waals surface area (Å²) in [5.74, 6) is -0.453. The predicted molar refractivity (Wildman–Crippen MR) is 146 cm³/mol. The molecule has 0 radical (unpaired) electrons. The second-order valence-electron chi connectivity index (χ2n) is 8.58. The van der Waals surface area contributed by atoms with Crippen molar-refractivity contribution in [2.45, 2.75) is 0 Å². The van der Waals surface area contributed by atoms with Gasteiger partial charge in [-0.15, -0.1) is 0 Å². The van der Waals surface area contributed by atoms with Crippen LogP contribution in [0.3, 0.4) is 0 Å². The number of carbonyl (C=O) groups is 1. The normalized spacial score (nSPS) is 10.9. The van der Waals surface area contributed by atoms with Gasteiger partial charge in [-0.3, -0.25) is 4.57 Å². The first-order chi connectivity index (χ1) is 17.5. The number of carboxylic acid groups (broad SMARTS) is 1. The van der Waals surface area contributed by atoms with Crippen LogP contribution < -0.4 is 4.90 Å². The summed E-state index contributed by atoms with van der Waals surface area (Å²) in [6.45, 7) is 0. The van der Waals surface area contributed by atoms with Crippen LogP contribution in [0.4, 0.5) is 5.69 Å². The number of aromatic carboxylic acids is 1. The molecule has 5 nitrogen and oxygen atoms in total. The first kappa shape index (κ1) is 23.4. The smallest absolute Gasteiger partial charge is 0.337 e. The Morgan fingerprint density at radius 3 is 2.06 bits per heavy atom. The van der Waals surface area contributed by atoms with E-state index in [-0.39, 0.29) is 5.56 Å². The summed E-state index contributed by atoms with van der Waals surface area (Å²) in [6.07, 6.45) is 0. The van der Waals surface area contributed by atoms with Gasteiger partial charge < -0.3 is 10.0 Å². The molecule has 5 rings (SSSR count). The molecule has 0 fully saturated rings. The van der Waals surface area contributed by atoms with E-state index in [1.165, 1.54) is 0 Å². The number of rotatable bonds is 6. The van der Waals surface area contributed by atoms with E-state index >= 15 is 0 Å². The lowest BCUT2D eigenvalue weighted by Gasteiger charge is -2.19. The Balaban J connectivity index is 1.97. The lowest BCUT2D eigenvalue weighted by atomic mass is 10.0. The molecule has 36 heavy (non-hydrogen) atoms. The molecule has 4 aromatic carbocycles. The molecule has 6 heteroatoms. The fraction of sp³-hybridized carbons (Fsp3) is 0.0667. The monoisotopic (exact) mass is 493 g/mol. The van der Waals surface area contributed by atoms with Crippen LogP contribution in [0.2, 0.25) is 5.02 Å². The van der Waals surface area contributed by atoms with Crippen molar-refractivity contribution in [3.05, 3.63) is 114 Å². The van der Waals surface area contributed by atoms with E-state index in [9.17, 15) is 9.90 Å². The van der Waals surface area contributed by atoms with Crippen molar-refractivity contribution in [2.24, 2.45) is 0 Å². The van der Waals surface area contributed by atoms with Gasteiger partial charge in [-0.05, 0) is 30.3 Å². The average molecular weight is 494 g/mol. The third kappa shape index (κ3) is 4.25. The third-order valence-electron chi connectivity index (χ3n) is 6.06. The summed E-state index contributed by atoms with van der Waals surface area (Å²) in [6, 6.07) is 32.6. The molecule has 0 aliphatic carbocycles. The molecule has 0 unspecified atom stereocenters. The topological polar surface area (TPSA) is 58.4 Å². The molecule has 0 saturated heterocycles. The van der Waals surface area contributed by atoms with Gasteiger partial charge in [0.25, 0.3) is 0 Å². The van der Waals surface area contributed by atoms with E-state index in [0.717, 1.165) is 28.2 Å². The van der Waals surface area contributed by atoms with Crippen LogP contribution in [0.15, 0.2) is 103 Å². The van der Waals surface area contributed by atoms with Crippen LogP contribution in [-0.2, 0) is 0 Å². The highest BCUT2D eigenvalue weighted by Gasteiger charge is 2.26. The Labute approximate surface area is 214 Å². The average Bonchev–Trinajstić information content (AvgIpc) is 3.30. The number of carboxylic acids is 1. The maximum Gasteiger partial charge on any atom is 0.337 e. The van der Waals surface area contributed by atoms with Crippen molar-refractivity contribution in [2.75, 3.05) is 19.0 Å². The largest absolute Gasteiger partial charge is 0.478 e. The van der Waals surface area contributed by atoms with Gasteiger partial charge in [0.1, 0.15) is 5.82 Å². The van der Waals surface area contributed by atoms with E-state index in [1.54, 1.807) is 12.1 Å². The summed E-state index contributed by atoms with van der Waals surface area (Å²) in [4.78, 5) is 19.5. The molecule has 5 aromatic rings. The number of benzene rings is 4. The van der Waals surface area contributed by atoms with Gasteiger partial charge in [-0.1, -0.05) is 84.4 Å². The quantitative estimate of drug-likeness (QED) is 0.270. The van der Waals surface area contributed by atoms with Crippen LogP contribution in [-0.4, -0.2) is 34.7 Å². The van der Waals surface area contributed by atoms with Gasteiger partial charge in [-0.25, -0.2) is 9.78 Å². The summed E-state index contributed by atoms with van der Waals surface area (Å²) < 4.78 is 1.93. The zero-order valence-electron chi connectivity index (χ0n) is 19.9. The van der Waals surface area contributed by atoms with Crippen molar-refractivity contribution in [1.82, 2.24) is 9.55 Å². The van der Waals surface area contributed by atoms with Gasteiger partial charge in [-0.2, -0.15) is 0 Å². The van der Waals surface area contributed by atoms with Crippen molar-refractivity contribution in [3.63, 3.8) is 0 Å². The molecule has 1 N–H and O–H groups in total. The molecule has 1 aromatic heterocycles. The van der Waals surface area contributed by atoms with Gasteiger partial charge in [0.05, 0.1) is 27.7 Å². The zero-order chi connectivity index (χ0) is 25.2. The highest BCUT2D eigenvalue weighted by Crippen LogP contribution is 2.41. The number of hydrogen-bond donors (Lipinski definition) is 1. The minimum Gasteiger partial charge on any atom is -0.478 e. The van der Waals surface area contributed by atoms with Gasteiger partial charge in [0, 0.05) is 36.5 Å². The minimum atomic E-state index is -1.02. The Hall–Kier alpha value is -4.35. The van der Waals surface area contributed by atoms with E-state index in [0.29, 0.717) is 22.1 Å². The Morgan fingerprint density at radius 1 is 0.833 bits per heavy atom. The first-order valence-electron chi connectivity index (χ1n) is 11.5. The molecule has 0 aliphatic heterocycles. The number of imidazole rings is 1. The SMILES string of the molecule is CN(C)c1ccc(C(=O)O)c(-n2c(-c3ccccc3Cl)nc(-c3ccccc3)c2-c2ccccc2)c1. The van der Waals surface area contributed by atoms with Gasteiger partial charge in [0.15, 0.2) is 0 Å². The van der Waals surface area contributed by atoms with Crippen LogP contribution >= 0.6 is 11.6 Å². The molecule has 0 amide bonds. The van der Waals surface area contributed by atoms with Crippen LogP contribution in [0.25, 0.3) is 39.6 Å². The zero-order valence-corrected chi connectivity index (χ0v) is 20.6.